The Balaban J connectivity index is 1.83. The average Bonchev–Trinajstić information content (AvgIpc) is 3.34. The van der Waals surface area contributed by atoms with Gasteiger partial charge in [0.25, 0.3) is 0 Å². The summed E-state index contributed by atoms with van der Waals surface area (Å²) in [5, 5.41) is 25.0. The van der Waals surface area contributed by atoms with Crippen molar-refractivity contribution in [2.45, 2.75) is 38.4 Å². The van der Waals surface area contributed by atoms with Gasteiger partial charge in [0, 0.05) is 15.6 Å². The number of halogens is 7. The second-order valence-electron chi connectivity index (χ2n) is 8.25. The maximum atomic E-state index is 13.3. The zero-order chi connectivity index (χ0) is 27.9. The van der Waals surface area contributed by atoms with Gasteiger partial charge in [0.05, 0.1) is 29.5 Å². The second-order valence-corrected chi connectivity index (χ2v) is 9.89. The van der Waals surface area contributed by atoms with Gasteiger partial charge < -0.3 is 10.2 Å². The lowest BCUT2D eigenvalue weighted by Gasteiger charge is -2.16. The number of hydrogen-bond donors (Lipinski definition) is 2. The fourth-order valence-corrected chi connectivity index (χ4v) is 4.67. The molecular formula is C23H18Cl4F3N5O3. The molecule has 2 N–H and O–H groups in total. The standard InChI is InChI=1S/C23H18Cl4F3N5O3/c1-11(36)21-31-18(32-35(21)16-7-6-14(25)8-15(16)26)10-34-20(27)19(12-2-4-13(24)5-3-12)33(22(34)38)9-17(37)23(28,29)30/h2-8,11,17,36-37H,9-10H2,1H3/t11-,17?/m0/s1. The minimum absolute atomic E-state index is 0.00657. The van der Waals surface area contributed by atoms with Gasteiger partial charge in [-0.05, 0) is 37.3 Å². The molecule has 0 saturated carbocycles. The molecule has 38 heavy (non-hydrogen) atoms. The van der Waals surface area contributed by atoms with Crippen molar-refractivity contribution >= 4 is 46.4 Å². The quantitative estimate of drug-likeness (QED) is 0.286. The van der Waals surface area contributed by atoms with Crippen LogP contribution in [0.15, 0.2) is 47.3 Å². The molecule has 8 nitrogen and oxygen atoms in total. The topological polar surface area (TPSA) is 98.1 Å². The van der Waals surface area contributed by atoms with E-state index in [2.05, 4.69) is 10.1 Å². The molecule has 2 atom stereocenters. The van der Waals surface area contributed by atoms with Gasteiger partial charge in [-0.3, -0.25) is 9.13 Å². The number of nitrogens with zero attached hydrogens (tertiary/aromatic N) is 5. The molecule has 1 unspecified atom stereocenters. The van der Waals surface area contributed by atoms with Gasteiger partial charge in [-0.15, -0.1) is 5.10 Å². The van der Waals surface area contributed by atoms with E-state index in [0.717, 1.165) is 9.13 Å². The summed E-state index contributed by atoms with van der Waals surface area (Å²) in [5.41, 5.74) is -0.368. The lowest BCUT2D eigenvalue weighted by Crippen LogP contribution is -2.37. The van der Waals surface area contributed by atoms with E-state index in [1.165, 1.54) is 41.9 Å². The highest BCUT2D eigenvalue weighted by Crippen LogP contribution is 2.31. The van der Waals surface area contributed by atoms with Crippen LogP contribution in [-0.4, -0.2) is 46.4 Å². The number of alkyl halides is 3. The molecule has 0 aliphatic carbocycles. The first kappa shape index (κ1) is 28.5. The first-order valence-corrected chi connectivity index (χ1v) is 12.4. The summed E-state index contributed by atoms with van der Waals surface area (Å²) in [6, 6.07) is 10.5. The van der Waals surface area contributed by atoms with Gasteiger partial charge in [0.2, 0.25) is 0 Å². The molecule has 0 amide bonds. The highest BCUT2D eigenvalue weighted by atomic mass is 35.5. The minimum atomic E-state index is -4.98. The van der Waals surface area contributed by atoms with Gasteiger partial charge >= 0.3 is 11.9 Å². The zero-order valence-electron chi connectivity index (χ0n) is 19.3. The summed E-state index contributed by atoms with van der Waals surface area (Å²) in [4.78, 5) is 17.6. The summed E-state index contributed by atoms with van der Waals surface area (Å²) in [7, 11) is 0. The molecule has 15 heteroatoms. The van der Waals surface area contributed by atoms with E-state index in [-0.39, 0.29) is 34.1 Å². The van der Waals surface area contributed by atoms with Crippen LogP contribution in [-0.2, 0) is 13.1 Å². The van der Waals surface area contributed by atoms with Crippen LogP contribution in [0.3, 0.4) is 0 Å². The number of rotatable bonds is 7. The molecule has 0 fully saturated rings. The van der Waals surface area contributed by atoms with E-state index in [1.807, 2.05) is 0 Å². The van der Waals surface area contributed by atoms with Crippen LogP contribution >= 0.6 is 46.4 Å². The first-order chi connectivity index (χ1) is 17.8. The van der Waals surface area contributed by atoms with E-state index in [1.54, 1.807) is 12.1 Å². The molecule has 2 aromatic carbocycles. The smallest absolute Gasteiger partial charge is 0.385 e. The number of hydrogen-bond acceptors (Lipinski definition) is 5. The second kappa shape index (κ2) is 10.9. The third-order valence-corrected chi connectivity index (χ3v) is 6.68. The number of benzene rings is 2. The molecule has 0 aliphatic heterocycles. The zero-order valence-corrected chi connectivity index (χ0v) is 22.3. The lowest BCUT2D eigenvalue weighted by molar-refractivity contribution is -0.207. The molecule has 0 saturated heterocycles. The Morgan fingerprint density at radius 3 is 2.18 bits per heavy atom. The van der Waals surface area contributed by atoms with E-state index >= 15 is 0 Å². The number of aliphatic hydroxyl groups is 2. The molecular weight excluding hydrogens is 593 g/mol. The van der Waals surface area contributed by atoms with Crippen molar-refractivity contribution in [3.63, 3.8) is 0 Å². The Kier molecular flexibility index (Phi) is 8.17. The van der Waals surface area contributed by atoms with Gasteiger partial charge in [-0.2, -0.15) is 13.2 Å². The summed E-state index contributed by atoms with van der Waals surface area (Å²) < 4.78 is 42.4. The fourth-order valence-electron chi connectivity index (χ4n) is 3.71. The Morgan fingerprint density at radius 2 is 1.61 bits per heavy atom. The maximum absolute atomic E-state index is 13.3. The predicted molar refractivity (Wildman–Crippen MR) is 137 cm³/mol. The van der Waals surface area contributed by atoms with Crippen molar-refractivity contribution < 1.29 is 23.4 Å². The highest BCUT2D eigenvalue weighted by Gasteiger charge is 2.39. The molecule has 0 aliphatic rings. The van der Waals surface area contributed by atoms with Gasteiger partial charge in [-0.1, -0.05) is 58.5 Å². The van der Waals surface area contributed by atoms with Crippen molar-refractivity contribution in [3.8, 4) is 16.9 Å². The van der Waals surface area contributed by atoms with Crippen LogP contribution in [0.25, 0.3) is 16.9 Å². The van der Waals surface area contributed by atoms with Crippen LogP contribution in [0.4, 0.5) is 13.2 Å². The Bertz CT molecular complexity index is 1530. The third kappa shape index (κ3) is 5.73. The molecule has 0 radical (unpaired) electrons. The van der Waals surface area contributed by atoms with Crippen LogP contribution in [0, 0.1) is 0 Å². The maximum Gasteiger partial charge on any atom is 0.416 e. The van der Waals surface area contributed by atoms with Crippen molar-refractivity contribution in [1.29, 1.82) is 0 Å². The summed E-state index contributed by atoms with van der Waals surface area (Å²) in [5.74, 6) is 0.0883. The largest absolute Gasteiger partial charge is 0.416 e. The van der Waals surface area contributed by atoms with Gasteiger partial charge in [-0.25, -0.2) is 14.5 Å². The predicted octanol–water partition coefficient (Wildman–Crippen LogP) is 5.54. The van der Waals surface area contributed by atoms with E-state index in [9.17, 15) is 28.2 Å². The molecule has 0 spiro atoms. The van der Waals surface area contributed by atoms with E-state index < -0.39 is 30.6 Å². The molecule has 4 rings (SSSR count). The summed E-state index contributed by atoms with van der Waals surface area (Å²) in [6.45, 7) is -0.0274. The average molecular weight is 611 g/mol. The lowest BCUT2D eigenvalue weighted by atomic mass is 10.1. The Hall–Kier alpha value is -2.54. The molecule has 2 heterocycles. The normalized spacial score (nSPS) is 13.6. The minimum Gasteiger partial charge on any atom is -0.385 e. The number of imidazole rings is 1. The highest BCUT2D eigenvalue weighted by molar-refractivity contribution is 6.35. The monoisotopic (exact) mass is 609 g/mol. The van der Waals surface area contributed by atoms with E-state index in [0.29, 0.717) is 21.3 Å². The Morgan fingerprint density at radius 1 is 0.974 bits per heavy atom. The number of aromatic nitrogens is 5. The van der Waals surface area contributed by atoms with Crippen molar-refractivity contribution in [2.24, 2.45) is 0 Å². The van der Waals surface area contributed by atoms with Gasteiger partial charge in [0.15, 0.2) is 17.8 Å². The van der Waals surface area contributed by atoms with Gasteiger partial charge in [0.1, 0.15) is 11.3 Å². The van der Waals surface area contributed by atoms with Crippen LogP contribution in [0.2, 0.25) is 20.2 Å². The molecule has 0 bridgehead atoms. The fraction of sp³-hybridized carbons (Fsp3) is 0.261. The Labute approximate surface area is 233 Å². The third-order valence-electron chi connectivity index (χ3n) is 5.50. The number of aliphatic hydroxyl groups excluding tert-OH is 2. The first-order valence-electron chi connectivity index (χ1n) is 10.9. The molecule has 4 aromatic rings. The molecule has 202 valence electrons. The van der Waals surface area contributed by atoms with Crippen LogP contribution < -0.4 is 5.69 Å². The summed E-state index contributed by atoms with van der Waals surface area (Å²) >= 11 is 24.7. The van der Waals surface area contributed by atoms with E-state index in [4.69, 9.17) is 46.4 Å². The van der Waals surface area contributed by atoms with Crippen LogP contribution in [0.1, 0.15) is 24.7 Å². The van der Waals surface area contributed by atoms with Crippen molar-refractivity contribution in [3.05, 3.63) is 84.8 Å². The van der Waals surface area contributed by atoms with Crippen LogP contribution in [0.5, 0.6) is 0 Å². The van der Waals surface area contributed by atoms with Crippen molar-refractivity contribution in [2.75, 3.05) is 0 Å². The SMILES string of the molecule is C[C@H](O)c1nc(Cn2c(Cl)c(-c3ccc(Cl)cc3)n(CC(O)C(F)(F)F)c2=O)nn1-c1ccc(Cl)cc1Cl. The molecule has 2 aromatic heterocycles. The summed E-state index contributed by atoms with van der Waals surface area (Å²) in [6.07, 6.45) is -8.91. The van der Waals surface area contributed by atoms with Crippen molar-refractivity contribution in [1.82, 2.24) is 23.9 Å².